The summed E-state index contributed by atoms with van der Waals surface area (Å²) in [5.41, 5.74) is 1.94. The van der Waals surface area contributed by atoms with Crippen LogP contribution in [0.4, 0.5) is 0 Å². The SMILES string of the molecule is COC1=C([Si](C)(C)C)CC(C=O)C(O[Si](C)(C)C(C)(C)C)c2cccc(OC)c21. The zero-order chi connectivity index (χ0) is 22.2. The summed E-state index contributed by atoms with van der Waals surface area (Å²) in [5, 5.41) is 1.30. The molecule has 2 atom stereocenters. The van der Waals surface area contributed by atoms with E-state index in [4.69, 9.17) is 13.9 Å². The lowest BCUT2D eigenvalue weighted by molar-refractivity contribution is -0.113. The van der Waals surface area contributed by atoms with E-state index in [0.717, 1.165) is 28.9 Å². The molecule has 6 heteroatoms. The Labute approximate surface area is 178 Å². The van der Waals surface area contributed by atoms with Crippen molar-refractivity contribution in [2.45, 2.75) is 71.1 Å². The standard InChI is InChI=1S/C23H38O4Si2/c1-23(2,3)29(9,10)27-21-16(15-24)14-19(28(6,7)8)22(26-5)20-17(21)12-11-13-18(20)25-4/h11-13,15-16,21H,14H2,1-10H3. The molecule has 0 N–H and O–H groups in total. The van der Waals surface area contributed by atoms with Gasteiger partial charge in [0.05, 0.1) is 34.0 Å². The Balaban J connectivity index is 2.80. The van der Waals surface area contributed by atoms with Gasteiger partial charge in [-0.2, -0.15) is 0 Å². The van der Waals surface area contributed by atoms with Crippen molar-refractivity contribution < 1.29 is 18.7 Å². The number of rotatable bonds is 6. The van der Waals surface area contributed by atoms with Gasteiger partial charge in [-0.3, -0.25) is 0 Å². The van der Waals surface area contributed by atoms with E-state index in [1.807, 2.05) is 12.1 Å². The van der Waals surface area contributed by atoms with Gasteiger partial charge in [-0.15, -0.1) is 0 Å². The maximum absolute atomic E-state index is 12.3. The Morgan fingerprint density at radius 3 is 2.10 bits per heavy atom. The first-order valence-electron chi connectivity index (χ1n) is 10.4. The van der Waals surface area contributed by atoms with Crippen molar-refractivity contribution in [2.24, 2.45) is 5.92 Å². The fourth-order valence-electron chi connectivity index (χ4n) is 3.65. The van der Waals surface area contributed by atoms with Crippen molar-refractivity contribution in [2.75, 3.05) is 14.2 Å². The average molecular weight is 435 g/mol. The minimum atomic E-state index is -2.12. The lowest BCUT2D eigenvalue weighted by Gasteiger charge is -2.41. The lowest BCUT2D eigenvalue weighted by atomic mass is 9.93. The summed E-state index contributed by atoms with van der Waals surface area (Å²) < 4.78 is 18.6. The molecule has 1 aromatic rings. The highest BCUT2D eigenvalue weighted by Gasteiger charge is 2.44. The maximum Gasteiger partial charge on any atom is 0.192 e. The molecule has 1 aliphatic carbocycles. The van der Waals surface area contributed by atoms with Crippen LogP contribution in [0.25, 0.3) is 5.76 Å². The number of carbonyl (C=O) groups excluding carboxylic acids is 1. The van der Waals surface area contributed by atoms with E-state index in [1.165, 1.54) is 5.20 Å². The predicted octanol–water partition coefficient (Wildman–Crippen LogP) is 6.21. The molecule has 0 saturated heterocycles. The molecule has 2 rings (SSSR count). The highest BCUT2D eigenvalue weighted by molar-refractivity contribution is 6.84. The van der Waals surface area contributed by atoms with Crippen LogP contribution in [0.2, 0.25) is 37.8 Å². The second-order valence-corrected chi connectivity index (χ2v) is 20.3. The summed E-state index contributed by atoms with van der Waals surface area (Å²) >= 11 is 0. The third-order valence-electron chi connectivity index (χ3n) is 6.43. The number of allylic oxidation sites excluding steroid dienone is 1. The van der Waals surface area contributed by atoms with Gasteiger partial charge in [-0.1, -0.05) is 52.5 Å². The van der Waals surface area contributed by atoms with Crippen LogP contribution in [0.3, 0.4) is 0 Å². The summed E-state index contributed by atoms with van der Waals surface area (Å²) in [5.74, 6) is 1.39. The van der Waals surface area contributed by atoms with Crippen LogP contribution in [0.1, 0.15) is 44.4 Å². The van der Waals surface area contributed by atoms with Crippen molar-refractivity contribution >= 4 is 28.4 Å². The number of aldehydes is 1. The van der Waals surface area contributed by atoms with Gasteiger partial charge in [0.15, 0.2) is 8.32 Å². The molecule has 0 heterocycles. The molecule has 0 spiro atoms. The molecular weight excluding hydrogens is 396 g/mol. The van der Waals surface area contributed by atoms with E-state index in [-0.39, 0.29) is 17.1 Å². The van der Waals surface area contributed by atoms with Crippen LogP contribution in [0, 0.1) is 5.92 Å². The molecule has 1 aliphatic rings. The molecule has 0 aromatic heterocycles. The largest absolute Gasteiger partial charge is 0.496 e. The second kappa shape index (κ2) is 8.40. The minimum absolute atomic E-state index is 0.0465. The zero-order valence-electron chi connectivity index (χ0n) is 19.8. The summed E-state index contributed by atoms with van der Waals surface area (Å²) in [4.78, 5) is 12.3. The predicted molar refractivity (Wildman–Crippen MR) is 125 cm³/mol. The minimum Gasteiger partial charge on any atom is -0.496 e. The first-order valence-corrected chi connectivity index (χ1v) is 16.8. The highest BCUT2D eigenvalue weighted by Crippen LogP contribution is 2.49. The van der Waals surface area contributed by atoms with Gasteiger partial charge < -0.3 is 18.7 Å². The molecule has 4 nitrogen and oxygen atoms in total. The van der Waals surface area contributed by atoms with Gasteiger partial charge in [0.2, 0.25) is 0 Å². The Morgan fingerprint density at radius 2 is 1.66 bits per heavy atom. The molecular formula is C23H38O4Si2. The first-order chi connectivity index (χ1) is 13.3. The molecule has 1 aromatic carbocycles. The smallest absolute Gasteiger partial charge is 0.192 e. The number of hydrogen-bond donors (Lipinski definition) is 0. The summed E-state index contributed by atoms with van der Waals surface area (Å²) in [6.07, 6.45) is 1.44. The van der Waals surface area contributed by atoms with Crippen molar-refractivity contribution in [3.63, 3.8) is 0 Å². The molecule has 29 heavy (non-hydrogen) atoms. The van der Waals surface area contributed by atoms with Crippen molar-refractivity contribution in [1.82, 2.24) is 0 Å². The fourth-order valence-corrected chi connectivity index (χ4v) is 6.70. The van der Waals surface area contributed by atoms with Gasteiger partial charge in [0, 0.05) is 5.92 Å². The number of carbonyl (C=O) groups is 1. The van der Waals surface area contributed by atoms with Gasteiger partial charge >= 0.3 is 0 Å². The number of benzene rings is 1. The monoisotopic (exact) mass is 434 g/mol. The van der Waals surface area contributed by atoms with Gasteiger partial charge in [-0.25, -0.2) is 0 Å². The molecule has 0 aliphatic heterocycles. The highest BCUT2D eigenvalue weighted by atomic mass is 28.4. The van der Waals surface area contributed by atoms with E-state index in [1.54, 1.807) is 14.2 Å². The average Bonchev–Trinajstić information content (AvgIpc) is 2.74. The summed E-state index contributed by atoms with van der Waals surface area (Å²) in [6, 6.07) is 6.01. The molecule has 0 radical (unpaired) electrons. The van der Waals surface area contributed by atoms with Crippen LogP contribution in [0.5, 0.6) is 5.75 Å². The van der Waals surface area contributed by atoms with Crippen LogP contribution >= 0.6 is 0 Å². The second-order valence-electron chi connectivity index (χ2n) is 10.5. The quantitative estimate of drug-likeness (QED) is 0.394. The molecule has 0 saturated carbocycles. The van der Waals surface area contributed by atoms with Gasteiger partial charge in [-0.05, 0) is 41.4 Å². The topological polar surface area (TPSA) is 44.8 Å². The number of ether oxygens (including phenoxy) is 2. The summed E-state index contributed by atoms with van der Waals surface area (Å²) in [7, 11) is -0.478. The Morgan fingerprint density at radius 1 is 1.03 bits per heavy atom. The van der Waals surface area contributed by atoms with Gasteiger partial charge in [0.25, 0.3) is 0 Å². The van der Waals surface area contributed by atoms with Crippen molar-refractivity contribution in [3.8, 4) is 5.75 Å². The third-order valence-corrected chi connectivity index (χ3v) is 13.1. The Hall–Kier alpha value is -1.38. The Bertz CT molecular complexity index is 785. The van der Waals surface area contributed by atoms with Crippen LogP contribution in [-0.2, 0) is 14.0 Å². The summed E-state index contributed by atoms with van der Waals surface area (Å²) in [6.45, 7) is 18.1. The maximum atomic E-state index is 12.3. The van der Waals surface area contributed by atoms with E-state index >= 15 is 0 Å². The number of hydrogen-bond acceptors (Lipinski definition) is 4. The van der Waals surface area contributed by atoms with Crippen LogP contribution in [0.15, 0.2) is 23.4 Å². The van der Waals surface area contributed by atoms with Crippen molar-refractivity contribution in [3.05, 3.63) is 34.5 Å². The van der Waals surface area contributed by atoms with Gasteiger partial charge in [0.1, 0.15) is 17.8 Å². The van der Waals surface area contributed by atoms with Crippen LogP contribution in [-0.4, -0.2) is 36.9 Å². The molecule has 162 valence electrons. The third kappa shape index (κ3) is 4.70. The van der Waals surface area contributed by atoms with Crippen LogP contribution < -0.4 is 4.74 Å². The normalized spacial score (nSPS) is 20.8. The number of fused-ring (bicyclic) bond motifs is 1. The van der Waals surface area contributed by atoms with E-state index in [2.05, 4.69) is 59.6 Å². The van der Waals surface area contributed by atoms with E-state index in [9.17, 15) is 4.79 Å². The number of methoxy groups -OCH3 is 2. The lowest BCUT2D eigenvalue weighted by Crippen LogP contribution is -2.43. The first kappa shape index (κ1) is 23.9. The molecule has 0 amide bonds. The molecule has 2 unspecified atom stereocenters. The van der Waals surface area contributed by atoms with Crippen molar-refractivity contribution in [1.29, 1.82) is 0 Å². The molecule has 0 fully saturated rings. The van der Waals surface area contributed by atoms with E-state index in [0.29, 0.717) is 6.42 Å². The molecule has 0 bridgehead atoms. The van der Waals surface area contributed by atoms with E-state index < -0.39 is 16.4 Å². The zero-order valence-corrected chi connectivity index (χ0v) is 21.8. The fraction of sp³-hybridized carbons (Fsp3) is 0.609. The Kier molecular flexibility index (Phi) is 6.92.